The fraction of sp³-hybridized carbons (Fsp3) is 0.278. The Hall–Kier alpha value is -3.05. The molecule has 29 heavy (non-hydrogen) atoms. The third kappa shape index (κ3) is 5.06. The van der Waals surface area contributed by atoms with E-state index in [1.54, 1.807) is 0 Å². The van der Waals surface area contributed by atoms with Crippen LogP contribution in [0.3, 0.4) is 0 Å². The first-order valence-electron chi connectivity index (χ1n) is 8.77. The van der Waals surface area contributed by atoms with Crippen molar-refractivity contribution in [1.29, 1.82) is 0 Å². The van der Waals surface area contributed by atoms with Crippen molar-refractivity contribution in [3.05, 3.63) is 50.4 Å². The van der Waals surface area contributed by atoms with Crippen molar-refractivity contribution in [2.45, 2.75) is 25.7 Å². The second-order valence-electron chi connectivity index (χ2n) is 6.32. The number of benzene rings is 1. The summed E-state index contributed by atoms with van der Waals surface area (Å²) >= 11 is 6.58. The van der Waals surface area contributed by atoms with Gasteiger partial charge in [-0.1, -0.05) is 0 Å². The molecule has 1 aromatic heterocycles. The summed E-state index contributed by atoms with van der Waals surface area (Å²) in [7, 11) is 0. The fourth-order valence-corrected chi connectivity index (χ4v) is 4.60. The number of carbonyl (C=O) groups excluding carboxylic acids is 2. The van der Waals surface area contributed by atoms with Crippen molar-refractivity contribution in [2.75, 3.05) is 11.9 Å². The number of anilines is 1. The predicted molar refractivity (Wildman–Crippen MR) is 112 cm³/mol. The van der Waals surface area contributed by atoms with Gasteiger partial charge in [0, 0.05) is 17.0 Å². The van der Waals surface area contributed by atoms with Gasteiger partial charge in [-0.2, -0.15) is 0 Å². The lowest BCUT2D eigenvalue weighted by atomic mass is 9.95. The van der Waals surface area contributed by atoms with E-state index in [0.29, 0.717) is 16.3 Å². The topological polar surface area (TPSA) is 137 Å². The minimum Gasteiger partial charge on any atom is -0.484 e. The Morgan fingerprint density at radius 1 is 1.24 bits per heavy atom. The number of amides is 2. The molecule has 3 rings (SSSR count). The van der Waals surface area contributed by atoms with Crippen LogP contribution < -0.4 is 21.1 Å². The Bertz CT molecular complexity index is 971. The van der Waals surface area contributed by atoms with Gasteiger partial charge in [-0.3, -0.25) is 25.0 Å². The molecular formula is C18H18N4O5S2. The summed E-state index contributed by atoms with van der Waals surface area (Å²) in [5.41, 5.74) is 6.86. The molecule has 0 fully saturated rings. The zero-order valence-corrected chi connectivity index (χ0v) is 16.9. The van der Waals surface area contributed by atoms with E-state index in [1.807, 2.05) is 0 Å². The van der Waals surface area contributed by atoms with Crippen molar-refractivity contribution >= 4 is 51.2 Å². The van der Waals surface area contributed by atoms with E-state index in [-0.39, 0.29) is 17.4 Å². The van der Waals surface area contributed by atoms with E-state index in [0.717, 1.165) is 36.1 Å². The molecule has 0 atom stereocenters. The van der Waals surface area contributed by atoms with Crippen LogP contribution in [-0.4, -0.2) is 28.5 Å². The van der Waals surface area contributed by atoms with Gasteiger partial charge < -0.3 is 15.8 Å². The zero-order valence-electron chi connectivity index (χ0n) is 15.2. The third-order valence-electron chi connectivity index (χ3n) is 4.32. The third-order valence-corrected chi connectivity index (χ3v) is 5.73. The number of nitrogens with zero attached hydrogens (tertiary/aromatic N) is 1. The number of hydrogen-bond acceptors (Lipinski definition) is 7. The number of rotatable bonds is 6. The largest absolute Gasteiger partial charge is 0.484 e. The highest BCUT2D eigenvalue weighted by molar-refractivity contribution is 7.80. The SMILES string of the molecule is NC(=O)c1c(NC(=S)NC(=O)COc2ccc([N+](=O)[O-])cc2)sc2c1CCCC2. The van der Waals surface area contributed by atoms with Crippen molar-refractivity contribution in [3.8, 4) is 5.75 Å². The summed E-state index contributed by atoms with van der Waals surface area (Å²) in [5.74, 6) is -0.725. The van der Waals surface area contributed by atoms with E-state index in [1.165, 1.54) is 35.6 Å². The molecule has 0 bridgehead atoms. The van der Waals surface area contributed by atoms with Gasteiger partial charge in [0.05, 0.1) is 10.5 Å². The van der Waals surface area contributed by atoms with E-state index in [2.05, 4.69) is 10.6 Å². The molecule has 1 aliphatic carbocycles. The minimum absolute atomic E-state index is 0.0309. The smallest absolute Gasteiger partial charge is 0.269 e. The van der Waals surface area contributed by atoms with Crippen molar-refractivity contribution < 1.29 is 19.2 Å². The van der Waals surface area contributed by atoms with Crippen LogP contribution in [0.1, 0.15) is 33.6 Å². The molecule has 0 unspecified atom stereocenters. The van der Waals surface area contributed by atoms with Crippen molar-refractivity contribution in [2.24, 2.45) is 5.73 Å². The van der Waals surface area contributed by atoms with Gasteiger partial charge in [0.25, 0.3) is 17.5 Å². The predicted octanol–water partition coefficient (Wildman–Crippen LogP) is 2.53. The first-order valence-corrected chi connectivity index (χ1v) is 10.00. The molecule has 0 spiro atoms. The summed E-state index contributed by atoms with van der Waals surface area (Å²) in [6.45, 7) is -0.330. The quantitative estimate of drug-likeness (QED) is 0.361. The Morgan fingerprint density at radius 2 is 1.93 bits per heavy atom. The number of aryl methyl sites for hydroxylation is 1. The lowest BCUT2D eigenvalue weighted by molar-refractivity contribution is -0.384. The van der Waals surface area contributed by atoms with Crippen LogP contribution in [0.4, 0.5) is 10.7 Å². The lowest BCUT2D eigenvalue weighted by Gasteiger charge is -2.12. The number of primary amides is 1. The van der Waals surface area contributed by atoms with Gasteiger partial charge in [-0.25, -0.2) is 0 Å². The first kappa shape index (κ1) is 20.7. The van der Waals surface area contributed by atoms with E-state index >= 15 is 0 Å². The van der Waals surface area contributed by atoms with E-state index < -0.39 is 16.7 Å². The minimum atomic E-state index is -0.525. The van der Waals surface area contributed by atoms with Crippen LogP contribution in [-0.2, 0) is 17.6 Å². The molecule has 9 nitrogen and oxygen atoms in total. The number of nitrogens with one attached hydrogen (secondary N) is 2. The zero-order chi connectivity index (χ0) is 21.0. The Morgan fingerprint density at radius 3 is 2.59 bits per heavy atom. The normalized spacial score (nSPS) is 12.6. The number of nitrogens with two attached hydrogens (primary N) is 1. The number of fused-ring (bicyclic) bond motifs is 1. The summed E-state index contributed by atoms with van der Waals surface area (Å²) in [6.07, 6.45) is 3.76. The highest BCUT2D eigenvalue weighted by Gasteiger charge is 2.24. The van der Waals surface area contributed by atoms with Gasteiger partial charge in [0.15, 0.2) is 11.7 Å². The van der Waals surface area contributed by atoms with Crippen molar-refractivity contribution in [1.82, 2.24) is 5.32 Å². The van der Waals surface area contributed by atoms with Crippen LogP contribution in [0.15, 0.2) is 24.3 Å². The van der Waals surface area contributed by atoms with Crippen LogP contribution >= 0.6 is 23.6 Å². The number of nitro benzene ring substituents is 1. The molecule has 2 aromatic rings. The Kier molecular flexibility index (Phi) is 6.39. The molecule has 2 amide bonds. The second kappa shape index (κ2) is 8.97. The maximum Gasteiger partial charge on any atom is 0.269 e. The Balaban J connectivity index is 1.56. The molecule has 4 N–H and O–H groups in total. The average Bonchev–Trinajstić information content (AvgIpc) is 3.04. The molecule has 0 saturated heterocycles. The number of non-ortho nitro benzene ring substituents is 1. The summed E-state index contributed by atoms with van der Waals surface area (Å²) in [4.78, 5) is 35.1. The standard InChI is InChI=1S/C18H18N4O5S2/c19-16(24)15-12-3-1-2-4-13(12)29-17(15)21-18(28)20-14(23)9-27-11-7-5-10(6-8-11)22(25)26/h5-8H,1-4,9H2,(H2,19,24)(H2,20,21,23,28). The molecule has 1 heterocycles. The summed E-state index contributed by atoms with van der Waals surface area (Å²) in [6, 6.07) is 5.36. The second-order valence-corrected chi connectivity index (χ2v) is 7.83. The highest BCUT2D eigenvalue weighted by atomic mass is 32.1. The molecule has 1 aromatic carbocycles. The van der Waals surface area contributed by atoms with Gasteiger partial charge in [-0.15, -0.1) is 11.3 Å². The van der Waals surface area contributed by atoms with Gasteiger partial charge >= 0.3 is 0 Å². The van der Waals surface area contributed by atoms with Gasteiger partial charge in [0.1, 0.15) is 10.8 Å². The number of carbonyl (C=O) groups is 2. The molecule has 0 aliphatic heterocycles. The summed E-state index contributed by atoms with van der Waals surface area (Å²) < 4.78 is 5.29. The highest BCUT2D eigenvalue weighted by Crippen LogP contribution is 2.37. The number of thiophene rings is 1. The van der Waals surface area contributed by atoms with E-state index in [9.17, 15) is 19.7 Å². The first-order chi connectivity index (χ1) is 13.8. The fourth-order valence-electron chi connectivity index (χ4n) is 3.02. The van der Waals surface area contributed by atoms with Crippen LogP contribution in [0.5, 0.6) is 5.75 Å². The monoisotopic (exact) mass is 434 g/mol. The molecule has 0 saturated carbocycles. The van der Waals surface area contributed by atoms with Crippen LogP contribution in [0, 0.1) is 10.1 Å². The number of hydrogen-bond donors (Lipinski definition) is 3. The lowest BCUT2D eigenvalue weighted by Crippen LogP contribution is -2.37. The summed E-state index contributed by atoms with van der Waals surface area (Å²) in [5, 5.41) is 16.6. The number of nitro groups is 1. The maximum absolute atomic E-state index is 12.0. The van der Waals surface area contributed by atoms with Gasteiger partial charge in [-0.05, 0) is 55.6 Å². The molecule has 1 aliphatic rings. The maximum atomic E-state index is 12.0. The average molecular weight is 434 g/mol. The number of thiocarbonyl (C=S) groups is 1. The van der Waals surface area contributed by atoms with Crippen LogP contribution in [0.25, 0.3) is 0 Å². The molecule has 152 valence electrons. The van der Waals surface area contributed by atoms with E-state index in [4.69, 9.17) is 22.7 Å². The molecular weight excluding hydrogens is 416 g/mol. The molecule has 0 radical (unpaired) electrons. The van der Waals surface area contributed by atoms with Crippen LogP contribution in [0.2, 0.25) is 0 Å². The van der Waals surface area contributed by atoms with Gasteiger partial charge in [0.2, 0.25) is 0 Å². The number of ether oxygens (including phenoxy) is 1. The Labute approximate surface area is 175 Å². The molecule has 11 heteroatoms. The van der Waals surface area contributed by atoms with Crippen molar-refractivity contribution in [3.63, 3.8) is 0 Å².